The topological polar surface area (TPSA) is 13.1 Å². The average molecular weight is 146 g/mol. The third-order valence-corrected chi connectivity index (χ3v) is 1.24. The Morgan fingerprint density at radius 2 is 2.00 bits per heavy atom. The van der Waals surface area contributed by atoms with Crippen molar-refractivity contribution in [1.29, 1.82) is 0 Å². The molecule has 1 heterocycles. The fourth-order valence-corrected chi connectivity index (χ4v) is 0.726. The van der Waals surface area contributed by atoms with Crippen LogP contribution in [0.5, 0.6) is 0 Å². The molecule has 56 valence electrons. The van der Waals surface area contributed by atoms with Crippen molar-refractivity contribution < 1.29 is 13.2 Å². The Labute approximate surface area is 57.7 Å². The zero-order chi connectivity index (χ0) is 7.72. The molecule has 0 bridgehead atoms. The van der Waals surface area contributed by atoms with Crippen LogP contribution in [0.15, 0.2) is 10.7 Å². The van der Waals surface area contributed by atoms with Crippen LogP contribution in [0.1, 0.15) is 25.5 Å². The van der Waals surface area contributed by atoms with E-state index in [0.717, 1.165) is 6.26 Å². The predicted molar refractivity (Wildman–Crippen MR) is 32.7 cm³/mol. The summed E-state index contributed by atoms with van der Waals surface area (Å²) in [4.78, 5) is 0. The minimum atomic E-state index is -0.913. The van der Waals surface area contributed by atoms with E-state index in [1.165, 1.54) is 0 Å². The summed E-state index contributed by atoms with van der Waals surface area (Å²) in [6.45, 7) is 3.47. The van der Waals surface area contributed by atoms with Gasteiger partial charge in [-0.3, -0.25) is 0 Å². The summed E-state index contributed by atoms with van der Waals surface area (Å²) in [6, 6.07) is 0. The molecule has 0 aliphatic rings. The quantitative estimate of drug-likeness (QED) is 0.593. The molecule has 10 heavy (non-hydrogen) atoms. The van der Waals surface area contributed by atoms with Gasteiger partial charge >= 0.3 is 0 Å². The van der Waals surface area contributed by atoms with Gasteiger partial charge in [-0.15, -0.1) is 0 Å². The van der Waals surface area contributed by atoms with Crippen molar-refractivity contribution in [3.8, 4) is 0 Å². The average Bonchev–Trinajstić information content (AvgIpc) is 2.14. The lowest BCUT2D eigenvalue weighted by Gasteiger charge is -1.96. The lowest BCUT2D eigenvalue weighted by molar-refractivity contribution is 0.451. The molecule has 0 saturated carbocycles. The first kappa shape index (κ1) is 7.25. The molecule has 0 fully saturated rings. The number of furan rings is 1. The molecular weight excluding hydrogens is 138 g/mol. The third kappa shape index (κ3) is 1.03. The normalized spacial score (nSPS) is 10.9. The SMILES string of the molecule is CC(C)c1occ(F)c1F. The van der Waals surface area contributed by atoms with Crippen LogP contribution in [0.4, 0.5) is 8.78 Å². The molecule has 3 heteroatoms. The first-order valence-corrected chi connectivity index (χ1v) is 3.05. The highest BCUT2D eigenvalue weighted by Crippen LogP contribution is 2.21. The van der Waals surface area contributed by atoms with Crippen LogP contribution in [-0.2, 0) is 0 Å². The van der Waals surface area contributed by atoms with E-state index in [0.29, 0.717) is 0 Å². The van der Waals surface area contributed by atoms with E-state index in [1.54, 1.807) is 13.8 Å². The number of halogens is 2. The van der Waals surface area contributed by atoms with Gasteiger partial charge in [-0.25, -0.2) is 4.39 Å². The summed E-state index contributed by atoms with van der Waals surface area (Å²) in [7, 11) is 0. The fraction of sp³-hybridized carbons (Fsp3) is 0.429. The van der Waals surface area contributed by atoms with Crippen LogP contribution >= 0.6 is 0 Å². The highest BCUT2D eigenvalue weighted by molar-refractivity contribution is 5.08. The molecular formula is C7H8F2O. The molecule has 0 amide bonds. The van der Waals surface area contributed by atoms with Crippen molar-refractivity contribution in [2.24, 2.45) is 0 Å². The minimum Gasteiger partial charge on any atom is -0.463 e. The minimum absolute atomic E-state index is 0.0810. The second-order valence-electron chi connectivity index (χ2n) is 2.42. The van der Waals surface area contributed by atoms with Gasteiger partial charge in [0, 0.05) is 5.92 Å². The van der Waals surface area contributed by atoms with E-state index in [9.17, 15) is 8.78 Å². The number of hydrogen-bond acceptors (Lipinski definition) is 1. The van der Waals surface area contributed by atoms with Gasteiger partial charge in [0.2, 0.25) is 0 Å². The zero-order valence-electron chi connectivity index (χ0n) is 5.82. The Morgan fingerprint density at radius 1 is 1.40 bits per heavy atom. The van der Waals surface area contributed by atoms with Gasteiger partial charge in [0.05, 0.1) is 0 Å². The molecule has 0 atom stereocenters. The molecule has 1 aromatic heterocycles. The monoisotopic (exact) mass is 146 g/mol. The second kappa shape index (κ2) is 2.40. The summed E-state index contributed by atoms with van der Waals surface area (Å²) in [6.07, 6.45) is 0.782. The van der Waals surface area contributed by atoms with Gasteiger partial charge < -0.3 is 4.42 Å². The molecule has 0 unspecified atom stereocenters. The van der Waals surface area contributed by atoms with Crippen LogP contribution in [0, 0.1) is 11.6 Å². The maximum absolute atomic E-state index is 12.5. The van der Waals surface area contributed by atoms with E-state index < -0.39 is 11.6 Å². The Bertz CT molecular complexity index is 228. The summed E-state index contributed by atoms with van der Waals surface area (Å²) < 4.78 is 29.4. The Hall–Kier alpha value is -0.860. The molecule has 1 nitrogen and oxygen atoms in total. The van der Waals surface area contributed by atoms with Crippen LogP contribution in [-0.4, -0.2) is 0 Å². The summed E-state index contributed by atoms with van der Waals surface area (Å²) in [5.74, 6) is -1.80. The molecule has 0 aliphatic carbocycles. The lowest BCUT2D eigenvalue weighted by Crippen LogP contribution is -1.87. The van der Waals surface area contributed by atoms with Crippen molar-refractivity contribution in [2.75, 3.05) is 0 Å². The highest BCUT2D eigenvalue weighted by Gasteiger charge is 2.15. The smallest absolute Gasteiger partial charge is 0.200 e. The number of rotatable bonds is 1. The van der Waals surface area contributed by atoms with E-state index >= 15 is 0 Å². The largest absolute Gasteiger partial charge is 0.463 e. The Morgan fingerprint density at radius 3 is 2.20 bits per heavy atom. The third-order valence-electron chi connectivity index (χ3n) is 1.24. The Balaban J connectivity index is 3.05. The van der Waals surface area contributed by atoms with Gasteiger partial charge in [-0.2, -0.15) is 4.39 Å². The van der Waals surface area contributed by atoms with E-state index in [4.69, 9.17) is 0 Å². The van der Waals surface area contributed by atoms with Crippen molar-refractivity contribution >= 4 is 0 Å². The summed E-state index contributed by atoms with van der Waals surface area (Å²) in [5.41, 5.74) is 0. The van der Waals surface area contributed by atoms with Gasteiger partial charge in [0.25, 0.3) is 0 Å². The van der Waals surface area contributed by atoms with E-state index in [2.05, 4.69) is 4.42 Å². The molecule has 0 radical (unpaired) electrons. The summed E-state index contributed by atoms with van der Waals surface area (Å²) in [5, 5.41) is 0. The molecule has 1 aromatic rings. The van der Waals surface area contributed by atoms with Crippen molar-refractivity contribution in [2.45, 2.75) is 19.8 Å². The van der Waals surface area contributed by atoms with Gasteiger partial charge in [-0.05, 0) is 0 Å². The molecule has 1 rings (SSSR count). The van der Waals surface area contributed by atoms with E-state index in [1.807, 2.05) is 0 Å². The number of hydrogen-bond donors (Lipinski definition) is 0. The summed E-state index contributed by atoms with van der Waals surface area (Å²) >= 11 is 0. The Kier molecular flexibility index (Phi) is 1.74. The van der Waals surface area contributed by atoms with Gasteiger partial charge in [-0.1, -0.05) is 13.8 Å². The van der Waals surface area contributed by atoms with Crippen molar-refractivity contribution in [1.82, 2.24) is 0 Å². The van der Waals surface area contributed by atoms with Crippen molar-refractivity contribution in [3.05, 3.63) is 23.7 Å². The van der Waals surface area contributed by atoms with Gasteiger partial charge in [0.15, 0.2) is 11.6 Å². The molecule has 0 N–H and O–H groups in total. The van der Waals surface area contributed by atoms with Crippen LogP contribution in [0.2, 0.25) is 0 Å². The zero-order valence-corrected chi connectivity index (χ0v) is 5.82. The maximum atomic E-state index is 12.5. The molecule has 0 saturated heterocycles. The van der Waals surface area contributed by atoms with Crippen LogP contribution in [0.25, 0.3) is 0 Å². The maximum Gasteiger partial charge on any atom is 0.200 e. The standard InChI is InChI=1S/C7H8F2O/c1-4(2)7-6(9)5(8)3-10-7/h3-4H,1-2H3. The first-order valence-electron chi connectivity index (χ1n) is 3.05. The van der Waals surface area contributed by atoms with Crippen LogP contribution in [0.3, 0.4) is 0 Å². The molecule has 0 aromatic carbocycles. The fourth-order valence-electron chi connectivity index (χ4n) is 0.726. The molecule has 0 spiro atoms. The highest BCUT2D eigenvalue weighted by atomic mass is 19.2. The predicted octanol–water partition coefficient (Wildman–Crippen LogP) is 2.68. The van der Waals surface area contributed by atoms with Gasteiger partial charge in [0.1, 0.15) is 12.0 Å². The lowest BCUT2D eigenvalue weighted by atomic mass is 10.1. The first-order chi connectivity index (χ1) is 4.63. The van der Waals surface area contributed by atoms with E-state index in [-0.39, 0.29) is 11.7 Å². The second-order valence-corrected chi connectivity index (χ2v) is 2.42. The molecule has 0 aliphatic heterocycles. The van der Waals surface area contributed by atoms with Crippen LogP contribution < -0.4 is 0 Å². The van der Waals surface area contributed by atoms with Crippen molar-refractivity contribution in [3.63, 3.8) is 0 Å².